The van der Waals surface area contributed by atoms with Crippen LogP contribution in [0.3, 0.4) is 0 Å². The molecule has 2 rings (SSSR count). The lowest BCUT2D eigenvalue weighted by Crippen LogP contribution is -2.15. The summed E-state index contributed by atoms with van der Waals surface area (Å²) in [7, 11) is 0. The molecule has 0 radical (unpaired) electrons. The summed E-state index contributed by atoms with van der Waals surface area (Å²) in [5.74, 6) is 0.725. The number of allylic oxidation sites excluding steroid dienone is 2. The molecular formula is C13H15Cl2N. The monoisotopic (exact) mass is 255 g/mol. The van der Waals surface area contributed by atoms with Crippen LogP contribution in [0.4, 0.5) is 5.69 Å². The van der Waals surface area contributed by atoms with Crippen molar-refractivity contribution in [2.75, 3.05) is 11.9 Å². The molecule has 0 amide bonds. The Morgan fingerprint density at radius 2 is 1.88 bits per heavy atom. The Labute approximate surface area is 106 Å². The topological polar surface area (TPSA) is 12.0 Å². The maximum absolute atomic E-state index is 5.94. The summed E-state index contributed by atoms with van der Waals surface area (Å²) >= 11 is 11.9. The summed E-state index contributed by atoms with van der Waals surface area (Å²) in [5, 5.41) is 4.75. The number of halogens is 2. The quantitative estimate of drug-likeness (QED) is 0.768. The van der Waals surface area contributed by atoms with Gasteiger partial charge < -0.3 is 5.32 Å². The fraction of sp³-hybridized carbons (Fsp3) is 0.385. The Balaban J connectivity index is 1.91. The number of hydrogen-bond donors (Lipinski definition) is 1. The van der Waals surface area contributed by atoms with Crippen LogP contribution in [0.15, 0.2) is 30.4 Å². The van der Waals surface area contributed by atoms with E-state index in [0.29, 0.717) is 10.0 Å². The Morgan fingerprint density at radius 3 is 2.50 bits per heavy atom. The summed E-state index contributed by atoms with van der Waals surface area (Å²) in [6, 6.07) is 5.57. The van der Waals surface area contributed by atoms with Gasteiger partial charge in [0.1, 0.15) is 0 Å². The molecule has 1 aromatic carbocycles. The molecule has 1 nitrogen and oxygen atoms in total. The summed E-state index contributed by atoms with van der Waals surface area (Å²) in [6.07, 6.45) is 8.15. The molecule has 0 aromatic heterocycles. The molecule has 1 aliphatic rings. The van der Waals surface area contributed by atoms with Crippen LogP contribution in [0.1, 0.15) is 19.3 Å². The molecule has 1 aliphatic carbocycles. The van der Waals surface area contributed by atoms with E-state index in [4.69, 9.17) is 23.2 Å². The lowest BCUT2D eigenvalue weighted by Gasteiger charge is -2.19. The van der Waals surface area contributed by atoms with Crippen molar-refractivity contribution >= 4 is 28.9 Å². The van der Waals surface area contributed by atoms with Crippen LogP contribution in [0, 0.1) is 5.92 Å². The summed E-state index contributed by atoms with van der Waals surface area (Å²) in [6.45, 7) is 0.987. The average Bonchev–Trinajstić information content (AvgIpc) is 2.27. The normalized spacial score (nSPS) is 19.8. The molecule has 1 atom stereocenters. The zero-order valence-corrected chi connectivity index (χ0v) is 10.6. The molecule has 0 fully saturated rings. The maximum atomic E-state index is 5.94. The van der Waals surface area contributed by atoms with E-state index in [9.17, 15) is 0 Å². The minimum Gasteiger partial charge on any atom is -0.385 e. The molecular weight excluding hydrogens is 241 g/mol. The molecule has 0 saturated heterocycles. The highest BCUT2D eigenvalue weighted by Gasteiger charge is 2.09. The van der Waals surface area contributed by atoms with Gasteiger partial charge in [-0.25, -0.2) is 0 Å². The van der Waals surface area contributed by atoms with Gasteiger partial charge in [-0.05, 0) is 43.4 Å². The molecule has 0 heterocycles. The van der Waals surface area contributed by atoms with Crippen molar-refractivity contribution in [1.82, 2.24) is 0 Å². The predicted molar refractivity (Wildman–Crippen MR) is 71.4 cm³/mol. The molecule has 0 aliphatic heterocycles. The first kappa shape index (κ1) is 11.8. The third-order valence-corrected chi connectivity index (χ3v) is 3.27. The van der Waals surface area contributed by atoms with Gasteiger partial charge in [0.05, 0.1) is 0 Å². The highest BCUT2D eigenvalue weighted by molar-refractivity contribution is 6.35. The summed E-state index contributed by atoms with van der Waals surface area (Å²) in [4.78, 5) is 0. The largest absolute Gasteiger partial charge is 0.385 e. The molecule has 0 spiro atoms. The average molecular weight is 256 g/mol. The first-order chi connectivity index (χ1) is 7.74. The number of anilines is 1. The van der Waals surface area contributed by atoms with Crippen LogP contribution >= 0.6 is 23.2 Å². The van der Waals surface area contributed by atoms with Gasteiger partial charge in [-0.1, -0.05) is 35.4 Å². The van der Waals surface area contributed by atoms with Crippen molar-refractivity contribution < 1.29 is 0 Å². The minimum absolute atomic E-state index is 0.679. The van der Waals surface area contributed by atoms with E-state index in [1.807, 2.05) is 12.1 Å². The third kappa shape index (κ3) is 3.43. The predicted octanol–water partition coefficient (Wildman–Crippen LogP) is 4.76. The van der Waals surface area contributed by atoms with Crippen LogP contribution in [0.5, 0.6) is 0 Å². The molecule has 1 N–H and O–H groups in total. The number of nitrogens with one attached hydrogen (secondary N) is 1. The lowest BCUT2D eigenvalue weighted by molar-refractivity contribution is 0.504. The minimum atomic E-state index is 0.679. The van der Waals surface area contributed by atoms with Gasteiger partial charge in [0.2, 0.25) is 0 Å². The Kier molecular flexibility index (Phi) is 4.14. The van der Waals surface area contributed by atoms with E-state index in [0.717, 1.165) is 18.2 Å². The smallest absolute Gasteiger partial charge is 0.0441 e. The first-order valence-electron chi connectivity index (χ1n) is 5.59. The van der Waals surface area contributed by atoms with Crippen molar-refractivity contribution in [3.63, 3.8) is 0 Å². The van der Waals surface area contributed by atoms with Crippen molar-refractivity contribution in [3.05, 3.63) is 40.4 Å². The molecule has 1 aromatic rings. The zero-order chi connectivity index (χ0) is 11.4. The standard InChI is InChI=1S/C13H15Cl2N/c14-11-6-12(15)8-13(7-11)16-9-10-4-2-1-3-5-10/h1-2,6-8,10,16H,3-5,9H2. The van der Waals surface area contributed by atoms with Gasteiger partial charge in [-0.2, -0.15) is 0 Å². The molecule has 0 saturated carbocycles. The number of hydrogen-bond acceptors (Lipinski definition) is 1. The van der Waals surface area contributed by atoms with E-state index in [1.165, 1.54) is 19.3 Å². The van der Waals surface area contributed by atoms with Gasteiger partial charge in [-0.15, -0.1) is 0 Å². The lowest BCUT2D eigenvalue weighted by atomic mass is 9.94. The maximum Gasteiger partial charge on any atom is 0.0441 e. The second-order valence-electron chi connectivity index (χ2n) is 4.19. The van der Waals surface area contributed by atoms with E-state index in [-0.39, 0.29) is 0 Å². The van der Waals surface area contributed by atoms with Crippen LogP contribution < -0.4 is 5.32 Å². The van der Waals surface area contributed by atoms with E-state index in [1.54, 1.807) is 6.07 Å². The second-order valence-corrected chi connectivity index (χ2v) is 5.06. The highest BCUT2D eigenvalue weighted by atomic mass is 35.5. The molecule has 3 heteroatoms. The number of rotatable bonds is 3. The summed E-state index contributed by atoms with van der Waals surface area (Å²) < 4.78 is 0. The zero-order valence-electron chi connectivity index (χ0n) is 9.05. The van der Waals surface area contributed by atoms with Crippen molar-refractivity contribution in [2.45, 2.75) is 19.3 Å². The molecule has 16 heavy (non-hydrogen) atoms. The van der Waals surface area contributed by atoms with Gasteiger partial charge in [0.25, 0.3) is 0 Å². The molecule has 86 valence electrons. The van der Waals surface area contributed by atoms with Crippen molar-refractivity contribution in [3.8, 4) is 0 Å². The van der Waals surface area contributed by atoms with Gasteiger partial charge >= 0.3 is 0 Å². The van der Waals surface area contributed by atoms with Crippen LogP contribution in [-0.2, 0) is 0 Å². The van der Waals surface area contributed by atoms with Gasteiger partial charge in [0.15, 0.2) is 0 Å². The molecule has 1 unspecified atom stereocenters. The SMILES string of the molecule is Clc1cc(Cl)cc(NCC2CC=CCC2)c1. The number of benzene rings is 1. The third-order valence-electron chi connectivity index (χ3n) is 2.84. The van der Waals surface area contributed by atoms with Crippen LogP contribution in [0.2, 0.25) is 10.0 Å². The fourth-order valence-electron chi connectivity index (χ4n) is 1.96. The van der Waals surface area contributed by atoms with E-state index in [2.05, 4.69) is 17.5 Å². The van der Waals surface area contributed by atoms with Gasteiger partial charge in [0, 0.05) is 22.3 Å². The highest BCUT2D eigenvalue weighted by Crippen LogP contribution is 2.24. The van der Waals surface area contributed by atoms with Crippen molar-refractivity contribution in [2.24, 2.45) is 5.92 Å². The first-order valence-corrected chi connectivity index (χ1v) is 6.34. The van der Waals surface area contributed by atoms with E-state index < -0.39 is 0 Å². The second kappa shape index (κ2) is 5.60. The van der Waals surface area contributed by atoms with Crippen LogP contribution in [0.25, 0.3) is 0 Å². The Morgan fingerprint density at radius 1 is 1.12 bits per heavy atom. The molecule has 0 bridgehead atoms. The van der Waals surface area contributed by atoms with Gasteiger partial charge in [-0.3, -0.25) is 0 Å². The van der Waals surface area contributed by atoms with E-state index >= 15 is 0 Å². The van der Waals surface area contributed by atoms with Crippen LogP contribution in [-0.4, -0.2) is 6.54 Å². The fourth-order valence-corrected chi connectivity index (χ4v) is 2.49. The Hall–Kier alpha value is -0.660. The van der Waals surface area contributed by atoms with Crippen molar-refractivity contribution in [1.29, 1.82) is 0 Å². The summed E-state index contributed by atoms with van der Waals surface area (Å²) in [5.41, 5.74) is 1.01. The Bertz CT molecular complexity index is 367.